The van der Waals surface area contributed by atoms with Crippen molar-refractivity contribution in [3.8, 4) is 0 Å². The lowest BCUT2D eigenvalue weighted by molar-refractivity contribution is -0.143. The van der Waals surface area contributed by atoms with Gasteiger partial charge in [0.1, 0.15) is 23.5 Å². The highest BCUT2D eigenvalue weighted by molar-refractivity contribution is 5.91. The quantitative estimate of drug-likeness (QED) is 0.540. The molecule has 0 spiro atoms. The third kappa shape index (κ3) is 4.03. The molecule has 0 saturated heterocycles. The van der Waals surface area contributed by atoms with Crippen molar-refractivity contribution in [3.63, 3.8) is 0 Å². The highest BCUT2D eigenvalue weighted by Crippen LogP contribution is 2.41. The van der Waals surface area contributed by atoms with Gasteiger partial charge in [0.15, 0.2) is 23.3 Å². The maximum Gasteiger partial charge on any atom is 0.422 e. The third-order valence-electron chi connectivity index (χ3n) is 4.15. The van der Waals surface area contributed by atoms with E-state index in [4.69, 9.17) is 0 Å². The van der Waals surface area contributed by atoms with E-state index in [1.165, 1.54) is 5.32 Å². The predicted molar refractivity (Wildman–Crippen MR) is 79.1 cm³/mol. The van der Waals surface area contributed by atoms with E-state index in [9.17, 15) is 44.3 Å². The molecular weight excluding hydrogens is 421 g/mol. The van der Waals surface area contributed by atoms with Crippen LogP contribution >= 0.6 is 0 Å². The van der Waals surface area contributed by atoms with Crippen molar-refractivity contribution in [2.24, 2.45) is 0 Å². The minimum absolute atomic E-state index is 0.0650. The van der Waals surface area contributed by atoms with E-state index in [1.807, 2.05) is 0 Å². The lowest BCUT2D eigenvalue weighted by atomic mass is 10.1. The first-order chi connectivity index (χ1) is 13.4. The van der Waals surface area contributed by atoms with Crippen molar-refractivity contribution in [1.82, 2.24) is 9.78 Å². The van der Waals surface area contributed by atoms with Crippen molar-refractivity contribution < 1.29 is 44.3 Å². The van der Waals surface area contributed by atoms with Gasteiger partial charge in [0.05, 0.1) is 5.69 Å². The largest absolute Gasteiger partial charge is 0.422 e. The average Bonchev–Trinajstić information content (AvgIpc) is 3.36. The van der Waals surface area contributed by atoms with Crippen molar-refractivity contribution >= 4 is 11.6 Å². The van der Waals surface area contributed by atoms with E-state index in [0.717, 1.165) is 6.07 Å². The summed E-state index contributed by atoms with van der Waals surface area (Å²) in [7, 11) is 0. The smallest absolute Gasteiger partial charge is 0.319 e. The van der Waals surface area contributed by atoms with E-state index >= 15 is 0 Å². The van der Waals surface area contributed by atoms with Crippen molar-refractivity contribution in [2.75, 3.05) is 5.32 Å². The standard InChI is InChI=1S/C16H10F9N3O/c17-10-9(16(23,24)25)11(18)13(20)14(12(10)19)26-8(29)4-28-7(15(21)22)3-6(27-28)5-1-2-5/h3,5,15H,1-2,4H2,(H,26,29). The Balaban J connectivity index is 1.89. The molecule has 1 aromatic heterocycles. The Hall–Kier alpha value is -2.73. The number of hydrogen-bond acceptors (Lipinski definition) is 2. The first-order valence-corrected chi connectivity index (χ1v) is 8.00. The molecule has 0 unspecified atom stereocenters. The SMILES string of the molecule is O=C(Cn1nc(C2CC2)cc1C(F)F)Nc1c(F)c(F)c(C(F)(F)F)c(F)c1F. The van der Waals surface area contributed by atoms with Crippen LogP contribution in [0, 0.1) is 23.3 Å². The summed E-state index contributed by atoms with van der Waals surface area (Å²) in [6, 6.07) is 1.05. The van der Waals surface area contributed by atoms with Crippen LogP contribution in [-0.2, 0) is 17.5 Å². The van der Waals surface area contributed by atoms with Crippen LogP contribution in [0.1, 0.15) is 42.1 Å². The van der Waals surface area contributed by atoms with Gasteiger partial charge in [-0.1, -0.05) is 0 Å². The van der Waals surface area contributed by atoms with E-state index in [0.29, 0.717) is 17.5 Å². The number of benzene rings is 1. The van der Waals surface area contributed by atoms with Gasteiger partial charge in [-0.25, -0.2) is 26.3 Å². The maximum absolute atomic E-state index is 13.8. The fourth-order valence-electron chi connectivity index (χ4n) is 2.64. The molecule has 1 aromatic carbocycles. The van der Waals surface area contributed by atoms with Gasteiger partial charge in [0.25, 0.3) is 6.43 Å². The van der Waals surface area contributed by atoms with Crippen LogP contribution in [0.5, 0.6) is 0 Å². The lowest BCUT2D eigenvalue weighted by Gasteiger charge is -2.15. The van der Waals surface area contributed by atoms with Crippen LogP contribution in [0.3, 0.4) is 0 Å². The van der Waals surface area contributed by atoms with Gasteiger partial charge in [-0.3, -0.25) is 9.48 Å². The fraction of sp³-hybridized carbons (Fsp3) is 0.375. The Labute approximate surface area is 156 Å². The number of carbonyl (C=O) groups is 1. The maximum atomic E-state index is 13.8. The van der Waals surface area contributed by atoms with Crippen LogP contribution in [0.15, 0.2) is 6.07 Å². The summed E-state index contributed by atoms with van der Waals surface area (Å²) in [6.07, 6.45) is -7.38. The molecule has 1 N–H and O–H groups in total. The number of carbonyl (C=O) groups excluding carboxylic acids is 1. The number of halogens is 9. The number of anilines is 1. The van der Waals surface area contributed by atoms with E-state index in [2.05, 4.69) is 5.10 Å². The second-order valence-electron chi connectivity index (χ2n) is 6.28. The van der Waals surface area contributed by atoms with E-state index < -0.39 is 65.3 Å². The zero-order valence-electron chi connectivity index (χ0n) is 14.1. The number of rotatable bonds is 5. The molecule has 13 heteroatoms. The van der Waals surface area contributed by atoms with Crippen molar-refractivity contribution in [3.05, 3.63) is 46.3 Å². The average molecular weight is 431 g/mol. The Kier molecular flexibility index (Phi) is 5.26. The molecule has 158 valence electrons. The molecule has 0 radical (unpaired) electrons. The predicted octanol–water partition coefficient (Wildman–Crippen LogP) is 4.91. The van der Waals surface area contributed by atoms with Crippen molar-refractivity contribution in [2.45, 2.75) is 37.9 Å². The molecule has 3 rings (SSSR count). The van der Waals surface area contributed by atoms with Gasteiger partial charge < -0.3 is 5.32 Å². The number of nitrogens with zero attached hydrogens (tertiary/aromatic N) is 2. The first-order valence-electron chi connectivity index (χ1n) is 8.00. The molecule has 0 bridgehead atoms. The van der Waals surface area contributed by atoms with Crippen molar-refractivity contribution in [1.29, 1.82) is 0 Å². The van der Waals surface area contributed by atoms with Gasteiger partial charge in [-0.15, -0.1) is 0 Å². The Bertz CT molecular complexity index is 935. The highest BCUT2D eigenvalue weighted by atomic mass is 19.4. The van der Waals surface area contributed by atoms with Crippen LogP contribution in [0.4, 0.5) is 45.2 Å². The van der Waals surface area contributed by atoms with E-state index in [1.54, 1.807) is 0 Å². The van der Waals surface area contributed by atoms with Crippen LogP contribution in [0.2, 0.25) is 0 Å². The van der Waals surface area contributed by atoms with Crippen LogP contribution in [-0.4, -0.2) is 15.7 Å². The monoisotopic (exact) mass is 431 g/mol. The van der Waals surface area contributed by atoms with Gasteiger partial charge in [-0.2, -0.15) is 18.3 Å². The number of alkyl halides is 5. The summed E-state index contributed by atoms with van der Waals surface area (Å²) in [5, 5.41) is 5.16. The van der Waals surface area contributed by atoms with Crippen LogP contribution in [0.25, 0.3) is 0 Å². The number of nitrogens with one attached hydrogen (secondary N) is 1. The van der Waals surface area contributed by atoms with Gasteiger partial charge in [0.2, 0.25) is 5.91 Å². The molecule has 0 aliphatic heterocycles. The molecule has 1 fully saturated rings. The summed E-state index contributed by atoms with van der Waals surface area (Å²) in [5.74, 6) is -12.0. The van der Waals surface area contributed by atoms with Crippen LogP contribution < -0.4 is 5.32 Å². The second kappa shape index (κ2) is 7.26. The summed E-state index contributed by atoms with van der Waals surface area (Å²) in [4.78, 5) is 11.9. The molecule has 0 atom stereocenters. The molecule has 29 heavy (non-hydrogen) atoms. The minimum Gasteiger partial charge on any atom is -0.319 e. The van der Waals surface area contributed by atoms with E-state index in [-0.39, 0.29) is 11.6 Å². The topological polar surface area (TPSA) is 46.9 Å². The molecule has 1 heterocycles. The fourth-order valence-corrected chi connectivity index (χ4v) is 2.64. The first kappa shape index (κ1) is 21.0. The molecular formula is C16H10F9N3O. The summed E-state index contributed by atoms with van der Waals surface area (Å²) >= 11 is 0. The molecule has 1 aliphatic rings. The molecule has 1 aliphatic carbocycles. The second-order valence-corrected chi connectivity index (χ2v) is 6.28. The third-order valence-corrected chi connectivity index (χ3v) is 4.15. The Morgan fingerprint density at radius 1 is 1.10 bits per heavy atom. The molecule has 1 saturated carbocycles. The van der Waals surface area contributed by atoms with Gasteiger partial charge in [0, 0.05) is 5.92 Å². The number of amides is 1. The zero-order valence-corrected chi connectivity index (χ0v) is 14.1. The Morgan fingerprint density at radius 2 is 1.66 bits per heavy atom. The minimum atomic E-state index is -5.74. The summed E-state index contributed by atoms with van der Waals surface area (Å²) in [5.41, 5.74) is -5.01. The summed E-state index contributed by atoms with van der Waals surface area (Å²) < 4.78 is 119. The normalized spacial score (nSPS) is 14.6. The zero-order chi connectivity index (χ0) is 21.7. The molecule has 1 amide bonds. The highest BCUT2D eigenvalue weighted by Gasteiger charge is 2.42. The van der Waals surface area contributed by atoms with Gasteiger partial charge >= 0.3 is 6.18 Å². The number of aromatic nitrogens is 2. The van der Waals surface area contributed by atoms with Gasteiger partial charge in [-0.05, 0) is 18.9 Å². The summed E-state index contributed by atoms with van der Waals surface area (Å²) in [6.45, 7) is -1.02. The molecule has 4 nitrogen and oxygen atoms in total. The number of hydrogen-bond donors (Lipinski definition) is 1. The lowest BCUT2D eigenvalue weighted by Crippen LogP contribution is -2.24. The Morgan fingerprint density at radius 3 is 2.10 bits per heavy atom. The molecule has 2 aromatic rings.